The van der Waals surface area contributed by atoms with E-state index in [1.54, 1.807) is 0 Å². The van der Waals surface area contributed by atoms with E-state index in [1.165, 1.54) is 0 Å². The number of carbonyl (C=O) groups excluding carboxylic acids is 2. The number of hydrogen-bond donors (Lipinski definition) is 1. The van der Waals surface area contributed by atoms with E-state index in [4.69, 9.17) is 9.47 Å². The maximum atomic E-state index is 13.1. The second-order valence-corrected chi connectivity index (χ2v) is 8.88. The van der Waals surface area contributed by atoms with Crippen LogP contribution in [0.4, 0.5) is 4.79 Å². The van der Waals surface area contributed by atoms with Gasteiger partial charge in [-0.1, -0.05) is 36.4 Å². The Labute approximate surface area is 184 Å². The summed E-state index contributed by atoms with van der Waals surface area (Å²) >= 11 is 0. The maximum absolute atomic E-state index is 13.1. The molecule has 1 saturated heterocycles. The summed E-state index contributed by atoms with van der Waals surface area (Å²) in [6.45, 7) is 7.81. The summed E-state index contributed by atoms with van der Waals surface area (Å²) in [5, 5.41) is 2.84. The van der Waals surface area contributed by atoms with E-state index in [9.17, 15) is 9.59 Å². The van der Waals surface area contributed by atoms with E-state index < -0.39 is 11.7 Å². The zero-order valence-corrected chi connectivity index (χ0v) is 18.6. The molecular formula is C25H32N2O4. The van der Waals surface area contributed by atoms with E-state index in [0.717, 1.165) is 24.2 Å². The lowest BCUT2D eigenvalue weighted by Gasteiger charge is -2.32. The molecule has 6 nitrogen and oxygen atoms in total. The molecule has 31 heavy (non-hydrogen) atoms. The molecule has 0 unspecified atom stereocenters. The summed E-state index contributed by atoms with van der Waals surface area (Å²) in [4.78, 5) is 26.9. The van der Waals surface area contributed by atoms with Gasteiger partial charge in [0, 0.05) is 30.8 Å². The van der Waals surface area contributed by atoms with Gasteiger partial charge in [0.05, 0.1) is 0 Å². The molecule has 6 heteroatoms. The summed E-state index contributed by atoms with van der Waals surface area (Å²) in [7, 11) is 0. The molecule has 1 aliphatic rings. The van der Waals surface area contributed by atoms with Gasteiger partial charge in [0.15, 0.2) is 0 Å². The van der Waals surface area contributed by atoms with Crippen molar-refractivity contribution >= 4 is 12.0 Å². The average Bonchev–Trinajstić information content (AvgIpc) is 2.76. The monoisotopic (exact) mass is 424 g/mol. The quantitative estimate of drug-likeness (QED) is 0.733. The summed E-state index contributed by atoms with van der Waals surface area (Å²) in [5.74, 6) is 1.15. The Kier molecular flexibility index (Phi) is 7.55. The fourth-order valence-corrected chi connectivity index (χ4v) is 3.58. The van der Waals surface area contributed by atoms with Crippen molar-refractivity contribution < 1.29 is 19.1 Å². The fourth-order valence-electron chi connectivity index (χ4n) is 3.58. The smallest absolute Gasteiger partial charge is 0.407 e. The summed E-state index contributed by atoms with van der Waals surface area (Å²) < 4.78 is 11.1. The summed E-state index contributed by atoms with van der Waals surface area (Å²) in [6.07, 6.45) is 1.31. The number of ether oxygens (including phenoxy) is 2. The van der Waals surface area contributed by atoms with E-state index in [0.29, 0.717) is 37.7 Å². The normalized spacial score (nSPS) is 14.7. The van der Waals surface area contributed by atoms with Crippen LogP contribution >= 0.6 is 0 Å². The third-order valence-electron chi connectivity index (χ3n) is 5.22. The Morgan fingerprint density at radius 3 is 2.32 bits per heavy atom. The average molecular weight is 425 g/mol. The van der Waals surface area contributed by atoms with Crippen molar-refractivity contribution in [2.24, 2.45) is 5.92 Å². The van der Waals surface area contributed by atoms with Crippen LogP contribution in [0, 0.1) is 5.92 Å². The van der Waals surface area contributed by atoms with Crippen LogP contribution in [-0.2, 0) is 11.3 Å². The molecular weight excluding hydrogens is 392 g/mol. The van der Waals surface area contributed by atoms with Crippen molar-refractivity contribution in [3.63, 3.8) is 0 Å². The predicted molar refractivity (Wildman–Crippen MR) is 120 cm³/mol. The first-order valence-electron chi connectivity index (χ1n) is 10.8. The highest BCUT2D eigenvalue weighted by atomic mass is 16.6. The molecule has 0 radical (unpaired) electrons. The number of likely N-dealkylation sites (tertiary alicyclic amines) is 1. The molecule has 1 aliphatic heterocycles. The number of para-hydroxylation sites is 1. The lowest BCUT2D eigenvalue weighted by molar-refractivity contribution is 0.0500. The van der Waals surface area contributed by atoms with Crippen molar-refractivity contribution in [1.29, 1.82) is 0 Å². The number of nitrogens with one attached hydrogen (secondary N) is 1. The summed E-state index contributed by atoms with van der Waals surface area (Å²) in [6, 6.07) is 17.2. The topological polar surface area (TPSA) is 67.9 Å². The first-order valence-corrected chi connectivity index (χ1v) is 10.8. The van der Waals surface area contributed by atoms with Crippen LogP contribution in [-0.4, -0.2) is 42.1 Å². The van der Waals surface area contributed by atoms with Gasteiger partial charge in [0.2, 0.25) is 0 Å². The predicted octanol–water partition coefficient (Wildman–Crippen LogP) is 4.64. The largest absolute Gasteiger partial charge is 0.489 e. The molecule has 0 atom stereocenters. The van der Waals surface area contributed by atoms with Gasteiger partial charge in [-0.3, -0.25) is 4.79 Å². The zero-order chi connectivity index (χ0) is 22.3. The van der Waals surface area contributed by atoms with Crippen molar-refractivity contribution in [1.82, 2.24) is 10.2 Å². The van der Waals surface area contributed by atoms with E-state index in [1.807, 2.05) is 80.3 Å². The molecule has 2 aromatic carbocycles. The number of hydrogen-bond acceptors (Lipinski definition) is 4. The van der Waals surface area contributed by atoms with Crippen LogP contribution in [0.2, 0.25) is 0 Å². The molecule has 0 saturated carbocycles. The van der Waals surface area contributed by atoms with Gasteiger partial charge in [0.25, 0.3) is 5.91 Å². The van der Waals surface area contributed by atoms with E-state index in [2.05, 4.69) is 5.32 Å². The minimum Gasteiger partial charge on any atom is -0.489 e. The van der Waals surface area contributed by atoms with Crippen molar-refractivity contribution in [3.05, 3.63) is 65.7 Å². The van der Waals surface area contributed by atoms with E-state index in [-0.39, 0.29) is 5.91 Å². The molecule has 1 fully saturated rings. The Hall–Kier alpha value is -3.02. The third kappa shape index (κ3) is 7.02. The summed E-state index contributed by atoms with van der Waals surface area (Å²) in [5.41, 5.74) is 1.06. The van der Waals surface area contributed by atoms with Crippen molar-refractivity contribution in [2.75, 3.05) is 19.6 Å². The highest BCUT2D eigenvalue weighted by molar-refractivity contribution is 5.95. The molecule has 0 spiro atoms. The van der Waals surface area contributed by atoms with Crippen molar-refractivity contribution in [2.45, 2.75) is 45.8 Å². The Bertz CT molecular complexity index is 869. The second-order valence-electron chi connectivity index (χ2n) is 8.88. The molecule has 0 bridgehead atoms. The minimum absolute atomic E-state index is 0.0332. The lowest BCUT2D eigenvalue weighted by atomic mass is 9.96. The van der Waals surface area contributed by atoms with Gasteiger partial charge in [0.1, 0.15) is 18.0 Å². The van der Waals surface area contributed by atoms with Gasteiger partial charge in [-0.15, -0.1) is 0 Å². The fraction of sp³-hybridized carbons (Fsp3) is 0.440. The molecule has 2 amide bonds. The lowest BCUT2D eigenvalue weighted by Crippen LogP contribution is -2.42. The van der Waals surface area contributed by atoms with Crippen LogP contribution in [0.25, 0.3) is 0 Å². The standard InChI is InChI=1S/C25H32N2O4/c1-25(2,3)31-24(29)26-17-19-13-15-27(16-14-19)23(28)22-12-8-7-9-20(22)18-30-21-10-5-4-6-11-21/h4-12,19H,13-18H2,1-3H3,(H,26,29). The molecule has 0 aliphatic carbocycles. The van der Waals surface area contributed by atoms with Gasteiger partial charge < -0.3 is 19.7 Å². The van der Waals surface area contributed by atoms with Crippen LogP contribution in [0.3, 0.4) is 0 Å². The van der Waals surface area contributed by atoms with Gasteiger partial charge in [-0.2, -0.15) is 0 Å². The first kappa shape index (κ1) is 22.7. The highest BCUT2D eigenvalue weighted by Gasteiger charge is 2.26. The van der Waals surface area contributed by atoms with Crippen molar-refractivity contribution in [3.8, 4) is 5.75 Å². The molecule has 1 heterocycles. The van der Waals surface area contributed by atoms with Crippen LogP contribution in [0.15, 0.2) is 54.6 Å². The van der Waals surface area contributed by atoms with Gasteiger partial charge >= 0.3 is 6.09 Å². The first-order chi connectivity index (χ1) is 14.8. The Balaban J connectivity index is 1.51. The maximum Gasteiger partial charge on any atom is 0.407 e. The minimum atomic E-state index is -0.502. The molecule has 166 valence electrons. The van der Waals surface area contributed by atoms with Gasteiger partial charge in [-0.25, -0.2) is 4.79 Å². The number of amides is 2. The SMILES string of the molecule is CC(C)(C)OC(=O)NCC1CCN(C(=O)c2ccccc2COc2ccccc2)CC1. The number of carbonyl (C=O) groups is 2. The number of alkyl carbamates (subject to hydrolysis) is 1. The van der Waals surface area contributed by atoms with Crippen LogP contribution in [0.1, 0.15) is 49.5 Å². The number of rotatable bonds is 6. The molecule has 0 aromatic heterocycles. The number of piperidine rings is 1. The molecule has 2 aromatic rings. The number of benzene rings is 2. The Morgan fingerprint density at radius 1 is 1.00 bits per heavy atom. The van der Waals surface area contributed by atoms with Crippen LogP contribution < -0.4 is 10.1 Å². The zero-order valence-electron chi connectivity index (χ0n) is 18.6. The van der Waals surface area contributed by atoms with Crippen LogP contribution in [0.5, 0.6) is 5.75 Å². The highest BCUT2D eigenvalue weighted by Crippen LogP contribution is 2.21. The molecule has 3 rings (SSSR count). The second kappa shape index (κ2) is 10.3. The van der Waals surface area contributed by atoms with E-state index >= 15 is 0 Å². The van der Waals surface area contributed by atoms with Gasteiger partial charge in [-0.05, 0) is 57.7 Å². The third-order valence-corrected chi connectivity index (χ3v) is 5.22. The number of nitrogens with zero attached hydrogens (tertiary/aromatic N) is 1. The Morgan fingerprint density at radius 2 is 1.65 bits per heavy atom. The molecule has 1 N–H and O–H groups in total.